The van der Waals surface area contributed by atoms with Gasteiger partial charge in [-0.1, -0.05) is 11.3 Å². The second kappa shape index (κ2) is 7.86. The van der Waals surface area contributed by atoms with E-state index in [9.17, 15) is 13.2 Å². The van der Waals surface area contributed by atoms with Gasteiger partial charge < -0.3 is 9.47 Å². The van der Waals surface area contributed by atoms with Crippen molar-refractivity contribution in [1.29, 1.82) is 0 Å². The molecule has 0 atom stereocenters. The van der Waals surface area contributed by atoms with Crippen molar-refractivity contribution in [3.63, 3.8) is 0 Å². The van der Waals surface area contributed by atoms with Gasteiger partial charge in [-0.2, -0.15) is 4.31 Å². The number of carbonyl (C=O) groups is 1. The summed E-state index contributed by atoms with van der Waals surface area (Å²) in [7, 11) is -2.07. The molecule has 10 heteroatoms. The van der Waals surface area contributed by atoms with E-state index in [0.29, 0.717) is 40.9 Å². The molecule has 8 nitrogen and oxygen atoms in total. The van der Waals surface area contributed by atoms with Crippen LogP contribution in [0.25, 0.3) is 10.2 Å². The summed E-state index contributed by atoms with van der Waals surface area (Å²) in [6, 6.07) is 9.32. The Labute approximate surface area is 178 Å². The molecule has 0 radical (unpaired) electrons. The number of nitrogens with one attached hydrogen (secondary N) is 1. The van der Waals surface area contributed by atoms with Crippen molar-refractivity contribution in [2.45, 2.75) is 24.8 Å². The lowest BCUT2D eigenvalue weighted by Gasteiger charge is -2.20. The fourth-order valence-electron chi connectivity index (χ4n) is 2.91. The fraction of sp³-hybridized carbons (Fsp3) is 0.300. The summed E-state index contributed by atoms with van der Waals surface area (Å²) in [5.41, 5.74) is 1.05. The largest absolute Gasteiger partial charge is 0.486 e. The second-order valence-electron chi connectivity index (χ2n) is 7.08. The van der Waals surface area contributed by atoms with Crippen molar-refractivity contribution >= 4 is 42.6 Å². The number of anilines is 1. The Morgan fingerprint density at radius 1 is 1.13 bits per heavy atom. The van der Waals surface area contributed by atoms with Crippen molar-refractivity contribution in [1.82, 2.24) is 9.29 Å². The van der Waals surface area contributed by atoms with Crippen molar-refractivity contribution in [2.24, 2.45) is 0 Å². The number of nitrogens with zero attached hydrogens (tertiary/aromatic N) is 2. The molecular formula is C20H21N3O5S2. The zero-order valence-corrected chi connectivity index (χ0v) is 18.3. The average molecular weight is 448 g/mol. The number of hydrogen-bond donors (Lipinski definition) is 1. The predicted molar refractivity (Wildman–Crippen MR) is 115 cm³/mol. The number of fused-ring (bicyclic) bond motifs is 2. The second-order valence-corrected chi connectivity index (χ2v) is 10.1. The van der Waals surface area contributed by atoms with E-state index in [0.717, 1.165) is 4.70 Å². The molecule has 4 rings (SSSR count). The molecule has 0 saturated heterocycles. The first-order valence-electron chi connectivity index (χ1n) is 9.35. The number of sulfonamides is 1. The Morgan fingerprint density at radius 3 is 2.40 bits per heavy atom. The van der Waals surface area contributed by atoms with E-state index < -0.39 is 10.0 Å². The Morgan fingerprint density at radius 2 is 1.77 bits per heavy atom. The van der Waals surface area contributed by atoms with Crippen LogP contribution >= 0.6 is 11.3 Å². The highest BCUT2D eigenvalue weighted by Crippen LogP contribution is 2.37. The predicted octanol–water partition coefficient (Wildman–Crippen LogP) is 3.35. The molecule has 1 N–H and O–H groups in total. The van der Waals surface area contributed by atoms with Crippen molar-refractivity contribution in [3.05, 3.63) is 42.0 Å². The highest BCUT2D eigenvalue weighted by molar-refractivity contribution is 7.89. The number of thiazole rings is 1. The molecule has 2 heterocycles. The molecule has 30 heavy (non-hydrogen) atoms. The van der Waals surface area contributed by atoms with Crippen LogP contribution in [-0.4, -0.2) is 49.9 Å². The summed E-state index contributed by atoms with van der Waals surface area (Å²) in [6.07, 6.45) is 0. The Kier molecular flexibility index (Phi) is 5.39. The monoisotopic (exact) mass is 447 g/mol. The molecule has 0 saturated carbocycles. The maximum atomic E-state index is 12.6. The van der Waals surface area contributed by atoms with Crippen molar-refractivity contribution in [3.8, 4) is 11.5 Å². The normalized spacial score (nSPS) is 13.8. The molecule has 0 unspecified atom stereocenters. The molecule has 1 aliphatic heterocycles. The van der Waals surface area contributed by atoms with Gasteiger partial charge in [0.05, 0.1) is 15.1 Å². The van der Waals surface area contributed by atoms with Gasteiger partial charge in [-0.25, -0.2) is 13.4 Å². The van der Waals surface area contributed by atoms with E-state index in [1.807, 2.05) is 6.07 Å². The summed E-state index contributed by atoms with van der Waals surface area (Å²) in [4.78, 5) is 17.2. The minimum absolute atomic E-state index is 0.140. The van der Waals surface area contributed by atoms with Gasteiger partial charge in [-0.05, 0) is 38.1 Å². The Hall–Kier alpha value is -2.69. The first kappa shape index (κ1) is 20.6. The zero-order valence-electron chi connectivity index (χ0n) is 16.7. The molecule has 1 aromatic heterocycles. The molecule has 0 aliphatic carbocycles. The number of benzene rings is 2. The van der Waals surface area contributed by atoms with Crippen molar-refractivity contribution < 1.29 is 22.7 Å². The van der Waals surface area contributed by atoms with Gasteiger partial charge in [0.15, 0.2) is 16.6 Å². The number of carbonyl (C=O) groups excluding carboxylic acids is 1. The van der Waals surface area contributed by atoms with E-state index in [4.69, 9.17) is 9.47 Å². The van der Waals surface area contributed by atoms with Crippen LogP contribution in [0.4, 0.5) is 5.13 Å². The molecule has 1 aliphatic rings. The molecule has 2 aromatic carbocycles. The summed E-state index contributed by atoms with van der Waals surface area (Å²) >= 11 is 1.33. The van der Waals surface area contributed by atoms with Gasteiger partial charge in [-0.15, -0.1) is 0 Å². The molecule has 0 bridgehead atoms. The zero-order chi connectivity index (χ0) is 21.5. The third-order valence-corrected chi connectivity index (χ3v) is 7.77. The van der Waals surface area contributed by atoms with Crippen LogP contribution in [0, 0.1) is 0 Å². The van der Waals surface area contributed by atoms with Gasteiger partial charge in [0, 0.05) is 30.8 Å². The summed E-state index contributed by atoms with van der Waals surface area (Å²) in [5.74, 6) is 0.936. The van der Waals surface area contributed by atoms with E-state index in [-0.39, 0.29) is 16.8 Å². The number of amides is 1. The van der Waals surface area contributed by atoms with Gasteiger partial charge in [0.25, 0.3) is 5.91 Å². The lowest BCUT2D eigenvalue weighted by molar-refractivity contribution is 0.102. The summed E-state index contributed by atoms with van der Waals surface area (Å²) in [5, 5.41) is 3.20. The topological polar surface area (TPSA) is 97.8 Å². The highest BCUT2D eigenvalue weighted by Gasteiger charge is 2.23. The standard InChI is InChI=1S/C20H21N3O5S2/c1-12(2)23(3)30(25,26)14-6-4-13(5-7-14)19(24)22-20-21-15-10-16-17(11-18(15)29-20)28-9-8-27-16/h4-7,10-12H,8-9H2,1-3H3,(H,21,22,24). The van der Waals surface area contributed by atoms with Crippen LogP contribution in [0.2, 0.25) is 0 Å². The third kappa shape index (κ3) is 3.85. The molecule has 0 spiro atoms. The van der Waals surface area contributed by atoms with Crippen LogP contribution in [-0.2, 0) is 10.0 Å². The number of aromatic nitrogens is 1. The van der Waals surface area contributed by atoms with Crippen LogP contribution in [0.1, 0.15) is 24.2 Å². The van der Waals surface area contributed by atoms with Crippen LogP contribution in [0.5, 0.6) is 11.5 Å². The fourth-order valence-corrected chi connectivity index (χ4v) is 5.15. The van der Waals surface area contributed by atoms with Crippen LogP contribution in [0.3, 0.4) is 0 Å². The number of hydrogen-bond acceptors (Lipinski definition) is 7. The van der Waals surface area contributed by atoms with Gasteiger partial charge in [-0.3, -0.25) is 10.1 Å². The first-order chi connectivity index (χ1) is 14.3. The molecular weight excluding hydrogens is 426 g/mol. The quantitative estimate of drug-likeness (QED) is 0.644. The third-order valence-electron chi connectivity index (χ3n) is 4.79. The average Bonchev–Trinajstić information content (AvgIpc) is 3.12. The Balaban J connectivity index is 1.53. The molecule has 0 fully saturated rings. The van der Waals surface area contributed by atoms with Crippen LogP contribution in [0.15, 0.2) is 41.3 Å². The molecule has 158 valence electrons. The lowest BCUT2D eigenvalue weighted by Crippen LogP contribution is -2.33. The maximum absolute atomic E-state index is 12.6. The van der Waals surface area contributed by atoms with Gasteiger partial charge >= 0.3 is 0 Å². The number of rotatable bonds is 5. The lowest BCUT2D eigenvalue weighted by atomic mass is 10.2. The van der Waals surface area contributed by atoms with E-state index in [1.54, 1.807) is 19.9 Å². The van der Waals surface area contributed by atoms with E-state index >= 15 is 0 Å². The number of ether oxygens (including phenoxy) is 2. The Bertz CT molecular complexity index is 1160. The smallest absolute Gasteiger partial charge is 0.257 e. The summed E-state index contributed by atoms with van der Waals surface area (Å²) in [6.45, 7) is 4.59. The van der Waals surface area contributed by atoms with Gasteiger partial charge in [0.2, 0.25) is 10.0 Å². The molecule has 1 amide bonds. The highest BCUT2D eigenvalue weighted by atomic mass is 32.2. The van der Waals surface area contributed by atoms with Crippen LogP contribution < -0.4 is 14.8 Å². The van der Waals surface area contributed by atoms with E-state index in [1.165, 1.54) is 47.0 Å². The summed E-state index contributed by atoms with van der Waals surface area (Å²) < 4.78 is 38.4. The minimum Gasteiger partial charge on any atom is -0.486 e. The first-order valence-corrected chi connectivity index (χ1v) is 11.6. The van der Waals surface area contributed by atoms with E-state index in [2.05, 4.69) is 10.3 Å². The van der Waals surface area contributed by atoms with Crippen molar-refractivity contribution in [2.75, 3.05) is 25.6 Å². The SMILES string of the molecule is CC(C)N(C)S(=O)(=O)c1ccc(C(=O)Nc2nc3cc4c(cc3s2)OCCO4)cc1. The van der Waals surface area contributed by atoms with Gasteiger partial charge in [0.1, 0.15) is 13.2 Å². The maximum Gasteiger partial charge on any atom is 0.257 e. The molecule has 3 aromatic rings. The minimum atomic E-state index is -3.60.